The van der Waals surface area contributed by atoms with E-state index in [4.69, 9.17) is 9.31 Å². The van der Waals surface area contributed by atoms with Gasteiger partial charge in [-0.25, -0.2) is 0 Å². The first-order valence-corrected chi connectivity index (χ1v) is 9.61. The first-order valence-electron chi connectivity index (χ1n) is 9.61. The predicted octanol–water partition coefficient (Wildman–Crippen LogP) is 5.03. The number of hydrogen-bond donors (Lipinski definition) is 1. The summed E-state index contributed by atoms with van der Waals surface area (Å²) in [6.07, 6.45) is 0. The van der Waals surface area contributed by atoms with Gasteiger partial charge in [0.05, 0.1) is 11.2 Å². The molecule has 1 fully saturated rings. The second kappa shape index (κ2) is 6.80. The molecule has 4 heteroatoms. The van der Waals surface area contributed by atoms with Gasteiger partial charge in [0.1, 0.15) is 5.75 Å². The number of aromatic hydroxyl groups is 1. The second-order valence-electron chi connectivity index (χ2n) is 8.34. The highest BCUT2D eigenvalue weighted by Gasteiger charge is 2.51. The molecule has 28 heavy (non-hydrogen) atoms. The topological polar surface area (TPSA) is 38.7 Å². The van der Waals surface area contributed by atoms with Gasteiger partial charge in [0.25, 0.3) is 0 Å². The van der Waals surface area contributed by atoms with Crippen LogP contribution >= 0.6 is 0 Å². The number of benzene rings is 3. The number of phenols is 1. The molecule has 3 nitrogen and oxygen atoms in total. The molecule has 4 rings (SSSR count). The van der Waals surface area contributed by atoms with Gasteiger partial charge >= 0.3 is 7.12 Å². The third kappa shape index (κ3) is 3.46. The van der Waals surface area contributed by atoms with E-state index in [2.05, 4.69) is 58.0 Å². The van der Waals surface area contributed by atoms with Crippen LogP contribution in [0.25, 0.3) is 22.3 Å². The Morgan fingerprint density at radius 2 is 1.11 bits per heavy atom. The Kier molecular flexibility index (Phi) is 4.57. The van der Waals surface area contributed by atoms with E-state index < -0.39 is 0 Å². The maximum atomic E-state index is 9.78. The van der Waals surface area contributed by atoms with Crippen LogP contribution in [0.4, 0.5) is 0 Å². The van der Waals surface area contributed by atoms with Crippen molar-refractivity contribution in [2.45, 2.75) is 38.9 Å². The molecule has 0 atom stereocenters. The minimum atomic E-state index is -0.376. The molecule has 142 valence electrons. The Morgan fingerprint density at radius 1 is 0.643 bits per heavy atom. The highest BCUT2D eigenvalue weighted by atomic mass is 16.7. The fourth-order valence-corrected chi connectivity index (χ4v) is 3.41. The van der Waals surface area contributed by atoms with Gasteiger partial charge < -0.3 is 14.4 Å². The Bertz CT molecular complexity index is 994. The van der Waals surface area contributed by atoms with Crippen molar-refractivity contribution < 1.29 is 14.4 Å². The Morgan fingerprint density at radius 3 is 1.68 bits per heavy atom. The van der Waals surface area contributed by atoms with Crippen LogP contribution in [0.15, 0.2) is 72.8 Å². The van der Waals surface area contributed by atoms with E-state index in [0.717, 1.165) is 27.7 Å². The summed E-state index contributed by atoms with van der Waals surface area (Å²) in [7, 11) is -0.376. The summed E-state index contributed by atoms with van der Waals surface area (Å²) in [6, 6.07) is 23.9. The summed E-state index contributed by atoms with van der Waals surface area (Å²) in [5.74, 6) is 0.269. The van der Waals surface area contributed by atoms with Gasteiger partial charge in [-0.15, -0.1) is 0 Å². The van der Waals surface area contributed by atoms with Crippen molar-refractivity contribution in [1.29, 1.82) is 0 Å². The van der Waals surface area contributed by atoms with E-state index in [1.54, 1.807) is 12.1 Å². The van der Waals surface area contributed by atoms with E-state index in [9.17, 15) is 5.11 Å². The molecule has 3 aromatic rings. The molecule has 1 aliphatic rings. The van der Waals surface area contributed by atoms with Crippen LogP contribution in [0.3, 0.4) is 0 Å². The monoisotopic (exact) mass is 372 g/mol. The number of phenolic OH excluding ortho intramolecular Hbond substituents is 1. The van der Waals surface area contributed by atoms with Gasteiger partial charge in [-0.05, 0) is 73.6 Å². The maximum Gasteiger partial charge on any atom is 0.494 e. The van der Waals surface area contributed by atoms with E-state index in [-0.39, 0.29) is 24.1 Å². The lowest BCUT2D eigenvalue weighted by Gasteiger charge is -2.32. The van der Waals surface area contributed by atoms with E-state index >= 15 is 0 Å². The van der Waals surface area contributed by atoms with Crippen LogP contribution in [-0.4, -0.2) is 23.4 Å². The quantitative estimate of drug-likeness (QED) is 0.656. The van der Waals surface area contributed by atoms with Gasteiger partial charge in [-0.3, -0.25) is 0 Å². The molecule has 0 bridgehead atoms. The molecule has 0 aromatic heterocycles. The molecule has 3 aromatic carbocycles. The minimum absolute atomic E-state index is 0.269. The Hall–Kier alpha value is -2.56. The molecule has 1 heterocycles. The zero-order valence-corrected chi connectivity index (χ0v) is 16.8. The van der Waals surface area contributed by atoms with Crippen molar-refractivity contribution in [3.8, 4) is 28.0 Å². The van der Waals surface area contributed by atoms with Gasteiger partial charge in [-0.2, -0.15) is 0 Å². The first-order chi connectivity index (χ1) is 13.2. The Balaban J connectivity index is 1.67. The maximum absolute atomic E-state index is 9.78. The highest BCUT2D eigenvalue weighted by molar-refractivity contribution is 6.62. The SMILES string of the molecule is CC1(C)OB(c2cccc(-c3cccc(-c4cccc(O)c4)c3)c2)OC1(C)C. The summed E-state index contributed by atoms with van der Waals surface area (Å²) in [4.78, 5) is 0. The largest absolute Gasteiger partial charge is 0.508 e. The van der Waals surface area contributed by atoms with Gasteiger partial charge in [-0.1, -0.05) is 54.6 Å². The van der Waals surface area contributed by atoms with Crippen molar-refractivity contribution in [2.75, 3.05) is 0 Å². The van der Waals surface area contributed by atoms with Crippen LogP contribution in [-0.2, 0) is 9.31 Å². The molecule has 1 aliphatic heterocycles. The zero-order valence-electron chi connectivity index (χ0n) is 16.8. The van der Waals surface area contributed by atoms with Crippen molar-refractivity contribution in [2.24, 2.45) is 0 Å². The van der Waals surface area contributed by atoms with E-state index in [0.29, 0.717) is 0 Å². The lowest BCUT2D eigenvalue weighted by Crippen LogP contribution is -2.41. The molecule has 0 radical (unpaired) electrons. The molecule has 0 amide bonds. The molecule has 1 N–H and O–H groups in total. The summed E-state index contributed by atoms with van der Waals surface area (Å²) in [5, 5.41) is 9.78. The van der Waals surface area contributed by atoms with Crippen molar-refractivity contribution in [3.05, 3.63) is 72.8 Å². The fraction of sp³-hybridized carbons (Fsp3) is 0.250. The minimum Gasteiger partial charge on any atom is -0.508 e. The number of rotatable bonds is 3. The summed E-state index contributed by atoms with van der Waals surface area (Å²) >= 11 is 0. The van der Waals surface area contributed by atoms with Gasteiger partial charge in [0.2, 0.25) is 0 Å². The average Bonchev–Trinajstić information content (AvgIpc) is 2.89. The van der Waals surface area contributed by atoms with Crippen molar-refractivity contribution in [1.82, 2.24) is 0 Å². The van der Waals surface area contributed by atoms with E-state index in [1.165, 1.54) is 0 Å². The van der Waals surface area contributed by atoms with Crippen LogP contribution < -0.4 is 5.46 Å². The van der Waals surface area contributed by atoms with Crippen LogP contribution in [0, 0.1) is 0 Å². The fourth-order valence-electron chi connectivity index (χ4n) is 3.41. The lowest BCUT2D eigenvalue weighted by atomic mass is 9.78. The zero-order chi connectivity index (χ0) is 19.9. The third-order valence-corrected chi connectivity index (χ3v) is 5.79. The van der Waals surface area contributed by atoms with Gasteiger partial charge in [0, 0.05) is 0 Å². The molecular formula is C24H25BO3. The average molecular weight is 372 g/mol. The lowest BCUT2D eigenvalue weighted by molar-refractivity contribution is 0.00578. The van der Waals surface area contributed by atoms with Crippen molar-refractivity contribution in [3.63, 3.8) is 0 Å². The second-order valence-corrected chi connectivity index (χ2v) is 8.34. The van der Waals surface area contributed by atoms with Gasteiger partial charge in [0.15, 0.2) is 0 Å². The smallest absolute Gasteiger partial charge is 0.494 e. The number of hydrogen-bond acceptors (Lipinski definition) is 3. The van der Waals surface area contributed by atoms with Crippen molar-refractivity contribution >= 4 is 12.6 Å². The highest BCUT2D eigenvalue weighted by Crippen LogP contribution is 2.36. The summed E-state index contributed by atoms with van der Waals surface area (Å²) in [6.45, 7) is 8.26. The summed E-state index contributed by atoms with van der Waals surface area (Å²) in [5.41, 5.74) is 4.57. The normalized spacial score (nSPS) is 17.6. The third-order valence-electron chi connectivity index (χ3n) is 5.79. The molecule has 0 aliphatic carbocycles. The standard InChI is InChI=1S/C24H25BO3/c1-23(2)24(3,4)28-25(27-23)21-12-6-10-19(15-21)17-8-5-9-18(14-17)20-11-7-13-22(26)16-20/h5-16,26H,1-4H3. The molecular weight excluding hydrogens is 347 g/mol. The summed E-state index contributed by atoms with van der Waals surface area (Å²) < 4.78 is 12.4. The molecule has 1 saturated heterocycles. The van der Waals surface area contributed by atoms with Crippen LogP contribution in [0.5, 0.6) is 5.75 Å². The van der Waals surface area contributed by atoms with Crippen LogP contribution in [0.2, 0.25) is 0 Å². The molecule has 0 saturated carbocycles. The predicted molar refractivity (Wildman–Crippen MR) is 115 cm³/mol. The van der Waals surface area contributed by atoms with Crippen LogP contribution in [0.1, 0.15) is 27.7 Å². The first kappa shape index (κ1) is 18.8. The van der Waals surface area contributed by atoms with E-state index in [1.807, 2.05) is 30.3 Å². The molecule has 0 unspecified atom stereocenters. The molecule has 0 spiro atoms. The Labute approximate surface area is 167 Å².